The zero-order valence-corrected chi connectivity index (χ0v) is 14.2. The van der Waals surface area contributed by atoms with Crippen LogP contribution in [0.1, 0.15) is 29.5 Å². The quantitative estimate of drug-likeness (QED) is 0.794. The second-order valence-corrected chi connectivity index (χ2v) is 9.49. The van der Waals surface area contributed by atoms with Gasteiger partial charge in [-0.3, -0.25) is 9.00 Å². The van der Waals surface area contributed by atoms with Gasteiger partial charge in [-0.15, -0.1) is 23.1 Å². The molecule has 20 heavy (non-hydrogen) atoms. The molecule has 3 rings (SSSR count). The maximum absolute atomic E-state index is 12.9. The normalized spacial score (nSPS) is 33.8. The molecule has 2 aliphatic rings. The van der Waals surface area contributed by atoms with E-state index in [-0.39, 0.29) is 22.4 Å². The van der Waals surface area contributed by atoms with Gasteiger partial charge < -0.3 is 4.90 Å². The van der Waals surface area contributed by atoms with Crippen LogP contribution in [0.5, 0.6) is 0 Å². The van der Waals surface area contributed by atoms with Crippen LogP contribution in [0.25, 0.3) is 0 Å². The molecule has 3 heterocycles. The maximum Gasteiger partial charge on any atom is 0.240 e. The summed E-state index contributed by atoms with van der Waals surface area (Å²) >= 11 is 3.52. The third-order valence-electron chi connectivity index (χ3n) is 4.30. The molecular formula is C14H19NO2S3. The molecule has 0 aliphatic carbocycles. The first-order valence-corrected chi connectivity index (χ1v) is 10.3. The lowest BCUT2D eigenvalue weighted by Crippen LogP contribution is -2.53. The van der Waals surface area contributed by atoms with Crippen molar-refractivity contribution in [1.29, 1.82) is 0 Å². The summed E-state index contributed by atoms with van der Waals surface area (Å²) in [5.41, 5.74) is 1.21. The van der Waals surface area contributed by atoms with E-state index in [1.807, 2.05) is 18.7 Å². The first-order chi connectivity index (χ1) is 9.59. The summed E-state index contributed by atoms with van der Waals surface area (Å²) in [5.74, 6) is 1.85. The van der Waals surface area contributed by atoms with Gasteiger partial charge in [-0.2, -0.15) is 0 Å². The summed E-state index contributed by atoms with van der Waals surface area (Å²) in [6.07, 6.45) is 1.08. The summed E-state index contributed by atoms with van der Waals surface area (Å²) in [5, 5.41) is 2.11. The number of thiophene rings is 1. The first-order valence-electron chi connectivity index (χ1n) is 6.95. The van der Waals surface area contributed by atoms with Crippen molar-refractivity contribution in [2.75, 3.05) is 18.1 Å². The Kier molecular flexibility index (Phi) is 4.24. The molecule has 1 fully saturated rings. The van der Waals surface area contributed by atoms with Gasteiger partial charge in [0.1, 0.15) is 5.25 Å². The molecule has 0 saturated carbocycles. The molecule has 0 N–H and O–H groups in total. The fourth-order valence-corrected chi connectivity index (χ4v) is 6.56. The number of thioether (sulfide) groups is 1. The van der Waals surface area contributed by atoms with Gasteiger partial charge in [-0.05, 0) is 43.0 Å². The van der Waals surface area contributed by atoms with Crippen LogP contribution in [0, 0.1) is 0 Å². The molecule has 1 aromatic heterocycles. The Morgan fingerprint density at radius 1 is 1.45 bits per heavy atom. The van der Waals surface area contributed by atoms with Gasteiger partial charge in [0.05, 0.1) is 5.25 Å². The minimum atomic E-state index is -0.793. The van der Waals surface area contributed by atoms with Gasteiger partial charge in [0.2, 0.25) is 5.91 Å². The zero-order valence-electron chi connectivity index (χ0n) is 11.7. The summed E-state index contributed by atoms with van der Waals surface area (Å²) < 4.78 is 11.9. The molecule has 0 radical (unpaired) electrons. The molecule has 0 bridgehead atoms. The summed E-state index contributed by atoms with van der Waals surface area (Å²) in [4.78, 5) is 16.2. The molecule has 1 amide bonds. The van der Waals surface area contributed by atoms with Crippen molar-refractivity contribution in [3.05, 3.63) is 21.9 Å². The average Bonchev–Trinajstić information content (AvgIpc) is 2.92. The molecule has 0 aromatic carbocycles. The summed E-state index contributed by atoms with van der Waals surface area (Å²) in [6.45, 7) is 4.65. The lowest BCUT2D eigenvalue weighted by Gasteiger charge is -2.39. The van der Waals surface area contributed by atoms with Gasteiger partial charge >= 0.3 is 0 Å². The fraction of sp³-hybridized carbons (Fsp3) is 0.643. The van der Waals surface area contributed by atoms with Crippen LogP contribution in [0.4, 0.5) is 0 Å². The van der Waals surface area contributed by atoms with Crippen molar-refractivity contribution in [1.82, 2.24) is 4.90 Å². The lowest BCUT2D eigenvalue weighted by molar-refractivity contribution is -0.132. The Morgan fingerprint density at radius 3 is 3.05 bits per heavy atom. The van der Waals surface area contributed by atoms with E-state index in [0.29, 0.717) is 12.3 Å². The largest absolute Gasteiger partial charge is 0.337 e. The molecule has 4 unspecified atom stereocenters. The lowest BCUT2D eigenvalue weighted by atomic mass is 10.1. The van der Waals surface area contributed by atoms with Gasteiger partial charge in [-0.1, -0.05) is 0 Å². The number of aryl methyl sites for hydroxylation is 1. The second-order valence-electron chi connectivity index (χ2n) is 5.36. The Hall–Kier alpha value is -0.330. The van der Waals surface area contributed by atoms with E-state index < -0.39 is 10.8 Å². The van der Waals surface area contributed by atoms with Gasteiger partial charge in [0, 0.05) is 34.0 Å². The maximum atomic E-state index is 12.9. The highest BCUT2D eigenvalue weighted by molar-refractivity contribution is 8.00. The number of hydrogen-bond acceptors (Lipinski definition) is 4. The van der Waals surface area contributed by atoms with E-state index in [2.05, 4.69) is 11.4 Å². The highest BCUT2D eigenvalue weighted by atomic mass is 32.2. The molecular weight excluding hydrogens is 310 g/mol. The summed E-state index contributed by atoms with van der Waals surface area (Å²) in [6, 6.07) is 2.17. The highest BCUT2D eigenvalue weighted by Crippen LogP contribution is 2.41. The van der Waals surface area contributed by atoms with Crippen molar-refractivity contribution in [2.24, 2.45) is 0 Å². The van der Waals surface area contributed by atoms with Crippen LogP contribution < -0.4 is 0 Å². The molecule has 3 nitrogen and oxygen atoms in total. The SMILES string of the molecule is CC1C(C)S(=O)CCN1C(=O)C1SCCc2sccc21. The van der Waals surface area contributed by atoms with Crippen LogP contribution >= 0.6 is 23.1 Å². The van der Waals surface area contributed by atoms with E-state index in [4.69, 9.17) is 0 Å². The van der Waals surface area contributed by atoms with Crippen molar-refractivity contribution < 1.29 is 9.00 Å². The average molecular weight is 330 g/mol. The number of amides is 1. The molecule has 4 atom stereocenters. The van der Waals surface area contributed by atoms with Crippen LogP contribution in [-0.4, -0.2) is 44.4 Å². The van der Waals surface area contributed by atoms with E-state index >= 15 is 0 Å². The summed E-state index contributed by atoms with van der Waals surface area (Å²) in [7, 11) is -0.793. The third-order valence-corrected chi connectivity index (χ3v) is 8.34. The Labute approximate surface area is 130 Å². The molecule has 0 spiro atoms. The molecule has 1 aromatic rings. The molecule has 1 saturated heterocycles. The van der Waals surface area contributed by atoms with Crippen molar-refractivity contribution in [3.63, 3.8) is 0 Å². The number of nitrogens with zero attached hydrogens (tertiary/aromatic N) is 1. The Morgan fingerprint density at radius 2 is 2.25 bits per heavy atom. The van der Waals surface area contributed by atoms with Gasteiger partial charge in [0.25, 0.3) is 0 Å². The number of hydrogen-bond donors (Lipinski definition) is 0. The van der Waals surface area contributed by atoms with Crippen molar-refractivity contribution >= 4 is 39.8 Å². The van der Waals surface area contributed by atoms with Crippen LogP contribution in [0.15, 0.2) is 11.4 Å². The van der Waals surface area contributed by atoms with E-state index in [1.165, 1.54) is 10.4 Å². The van der Waals surface area contributed by atoms with E-state index in [0.717, 1.165) is 12.2 Å². The minimum Gasteiger partial charge on any atom is -0.337 e. The van der Waals surface area contributed by atoms with Crippen LogP contribution in [0.2, 0.25) is 0 Å². The van der Waals surface area contributed by atoms with Gasteiger partial charge in [0.15, 0.2) is 0 Å². The minimum absolute atomic E-state index is 0.0498. The third kappa shape index (κ3) is 2.46. The number of carbonyl (C=O) groups excluding carboxylic acids is 1. The first kappa shape index (κ1) is 14.6. The van der Waals surface area contributed by atoms with E-state index in [9.17, 15) is 9.00 Å². The number of rotatable bonds is 1. The van der Waals surface area contributed by atoms with Crippen LogP contribution in [-0.2, 0) is 22.0 Å². The number of fused-ring (bicyclic) bond motifs is 1. The monoisotopic (exact) mass is 329 g/mol. The Balaban J connectivity index is 1.82. The molecule has 6 heteroatoms. The zero-order chi connectivity index (χ0) is 14.3. The van der Waals surface area contributed by atoms with Gasteiger partial charge in [-0.25, -0.2) is 0 Å². The fourth-order valence-electron chi connectivity index (χ4n) is 2.86. The Bertz CT molecular complexity index is 542. The smallest absolute Gasteiger partial charge is 0.240 e. The predicted octanol–water partition coefficient (Wildman–Crippen LogP) is 2.45. The van der Waals surface area contributed by atoms with Crippen LogP contribution in [0.3, 0.4) is 0 Å². The standard InChI is InChI=1S/C14H19NO2S3/c1-9-10(2)20(17)8-5-15(9)14(16)13-11-3-6-18-12(11)4-7-19-13/h3,6,9-10,13H,4-5,7-8H2,1-2H3. The highest BCUT2D eigenvalue weighted by Gasteiger charge is 2.38. The van der Waals surface area contributed by atoms with Crippen molar-refractivity contribution in [2.45, 2.75) is 36.8 Å². The molecule has 110 valence electrons. The van der Waals surface area contributed by atoms with E-state index in [1.54, 1.807) is 23.1 Å². The molecule has 2 aliphatic heterocycles. The number of carbonyl (C=O) groups is 1. The second kappa shape index (κ2) is 5.81. The topological polar surface area (TPSA) is 37.4 Å². The predicted molar refractivity (Wildman–Crippen MR) is 86.9 cm³/mol. The van der Waals surface area contributed by atoms with Crippen molar-refractivity contribution in [3.8, 4) is 0 Å².